The smallest absolute Gasteiger partial charge is 0.256 e. The number of nitrogens with zero attached hydrogens (tertiary/aromatic N) is 2. The van der Waals surface area contributed by atoms with Gasteiger partial charge in [-0.3, -0.25) is 14.5 Å². The second-order valence-corrected chi connectivity index (χ2v) is 9.54. The summed E-state index contributed by atoms with van der Waals surface area (Å²) in [6, 6.07) is 18.5. The van der Waals surface area contributed by atoms with Crippen LogP contribution in [-0.2, 0) is 16.0 Å². The van der Waals surface area contributed by atoms with Crippen LogP contribution in [0.15, 0.2) is 66.7 Å². The maximum absolute atomic E-state index is 13.6. The zero-order valence-electron chi connectivity index (χ0n) is 20.2. The number of hydrogen-bond donors (Lipinski definition) is 1. The Morgan fingerprint density at radius 3 is 2.19 bits per heavy atom. The van der Waals surface area contributed by atoms with Crippen LogP contribution in [0.3, 0.4) is 0 Å². The lowest BCUT2D eigenvalue weighted by Crippen LogP contribution is -2.39. The van der Waals surface area contributed by atoms with Crippen molar-refractivity contribution in [1.82, 2.24) is 4.90 Å². The Morgan fingerprint density at radius 1 is 0.973 bits per heavy atom. The summed E-state index contributed by atoms with van der Waals surface area (Å²) in [5, 5.41) is 4.24. The molecule has 37 heavy (non-hydrogen) atoms. The molecule has 0 bridgehead atoms. The summed E-state index contributed by atoms with van der Waals surface area (Å²) in [5.74, 6) is 0.752. The molecule has 0 radical (unpaired) electrons. The number of hydrogen-bond acceptors (Lipinski definition) is 5. The minimum absolute atomic E-state index is 0.0774. The standard InChI is InChI=1S/C27H25Cl2N3O4S/c1-35-21-9-5-19(6-10-21)30-25(33)16-24-26(34)32(20-7-11-22(36-2)12-8-20)27(37)31(24)14-13-17-3-4-18(28)15-23(17)29/h3-12,15,24H,13-14,16H2,1-2H3,(H,30,33)/t24-/m0/s1. The van der Waals surface area contributed by atoms with Gasteiger partial charge in [-0.05, 0) is 84.9 Å². The Morgan fingerprint density at radius 2 is 1.59 bits per heavy atom. The van der Waals surface area contributed by atoms with Gasteiger partial charge in [0.2, 0.25) is 5.91 Å². The van der Waals surface area contributed by atoms with Crippen molar-refractivity contribution in [2.75, 3.05) is 31.0 Å². The second-order valence-electron chi connectivity index (χ2n) is 8.33. The van der Waals surface area contributed by atoms with E-state index < -0.39 is 6.04 Å². The molecule has 1 fully saturated rings. The third-order valence-electron chi connectivity index (χ3n) is 6.04. The third-order valence-corrected chi connectivity index (χ3v) is 7.04. The minimum atomic E-state index is -0.779. The Bertz CT molecular complexity index is 1300. The summed E-state index contributed by atoms with van der Waals surface area (Å²) in [6.45, 7) is 0.388. The SMILES string of the molecule is COc1ccc(NC(=O)C[C@H]2C(=O)N(c3ccc(OC)cc3)C(=S)N2CCc2ccc(Cl)cc2Cl)cc1. The molecule has 0 aromatic heterocycles. The molecule has 1 atom stereocenters. The summed E-state index contributed by atoms with van der Waals surface area (Å²) in [4.78, 5) is 29.8. The molecule has 2 amide bonds. The van der Waals surface area contributed by atoms with Crippen molar-refractivity contribution in [3.05, 3.63) is 82.3 Å². The number of methoxy groups -OCH3 is 2. The van der Waals surface area contributed by atoms with Crippen molar-refractivity contribution in [1.29, 1.82) is 0 Å². The zero-order valence-corrected chi connectivity index (χ0v) is 22.6. The van der Waals surface area contributed by atoms with Crippen LogP contribution in [0.25, 0.3) is 0 Å². The zero-order chi connectivity index (χ0) is 26.5. The molecule has 192 valence electrons. The van der Waals surface area contributed by atoms with Gasteiger partial charge in [0.15, 0.2) is 5.11 Å². The highest BCUT2D eigenvalue weighted by molar-refractivity contribution is 7.80. The van der Waals surface area contributed by atoms with Crippen molar-refractivity contribution in [2.45, 2.75) is 18.9 Å². The van der Waals surface area contributed by atoms with E-state index in [9.17, 15) is 9.59 Å². The molecule has 4 rings (SSSR count). The van der Waals surface area contributed by atoms with Gasteiger partial charge in [-0.15, -0.1) is 0 Å². The summed E-state index contributed by atoms with van der Waals surface area (Å²) >= 11 is 18.1. The lowest BCUT2D eigenvalue weighted by atomic mass is 10.1. The van der Waals surface area contributed by atoms with Crippen LogP contribution in [0.2, 0.25) is 10.0 Å². The van der Waals surface area contributed by atoms with Crippen LogP contribution in [0.5, 0.6) is 11.5 Å². The molecule has 0 aliphatic carbocycles. The first-order chi connectivity index (χ1) is 17.8. The number of ether oxygens (including phenoxy) is 2. The van der Waals surface area contributed by atoms with Crippen molar-refractivity contribution in [3.8, 4) is 11.5 Å². The summed E-state index contributed by atoms with van der Waals surface area (Å²) in [7, 11) is 3.14. The lowest BCUT2D eigenvalue weighted by molar-refractivity contribution is -0.124. The highest BCUT2D eigenvalue weighted by atomic mass is 35.5. The maximum Gasteiger partial charge on any atom is 0.256 e. The molecule has 0 unspecified atom stereocenters. The molecule has 1 saturated heterocycles. The predicted octanol–water partition coefficient (Wildman–Crippen LogP) is 5.58. The van der Waals surface area contributed by atoms with Gasteiger partial charge in [0.1, 0.15) is 17.5 Å². The van der Waals surface area contributed by atoms with E-state index >= 15 is 0 Å². The first-order valence-electron chi connectivity index (χ1n) is 11.5. The fourth-order valence-electron chi connectivity index (χ4n) is 4.08. The number of carbonyl (C=O) groups excluding carboxylic acids is 2. The quantitative estimate of drug-likeness (QED) is 0.346. The van der Waals surface area contributed by atoms with E-state index in [1.165, 1.54) is 4.90 Å². The normalized spacial score (nSPS) is 15.2. The van der Waals surface area contributed by atoms with E-state index in [-0.39, 0.29) is 18.2 Å². The third kappa shape index (κ3) is 6.15. The minimum Gasteiger partial charge on any atom is -0.497 e. The molecule has 0 spiro atoms. The number of benzene rings is 3. The van der Waals surface area contributed by atoms with E-state index in [0.717, 1.165) is 5.56 Å². The van der Waals surface area contributed by atoms with Crippen LogP contribution in [0.4, 0.5) is 11.4 Å². The molecule has 1 N–H and O–H groups in total. The largest absolute Gasteiger partial charge is 0.497 e. The first-order valence-corrected chi connectivity index (χ1v) is 12.6. The highest BCUT2D eigenvalue weighted by Crippen LogP contribution is 2.30. The van der Waals surface area contributed by atoms with E-state index in [1.54, 1.807) is 79.8 Å². The molecular weight excluding hydrogens is 533 g/mol. The van der Waals surface area contributed by atoms with E-state index in [2.05, 4.69) is 5.32 Å². The van der Waals surface area contributed by atoms with Gasteiger partial charge < -0.3 is 19.7 Å². The predicted molar refractivity (Wildman–Crippen MR) is 150 cm³/mol. The monoisotopic (exact) mass is 557 g/mol. The number of halogens is 2. The number of thiocarbonyl (C=S) groups is 1. The molecule has 1 aliphatic heterocycles. The van der Waals surface area contributed by atoms with Crippen molar-refractivity contribution in [3.63, 3.8) is 0 Å². The van der Waals surface area contributed by atoms with Gasteiger partial charge in [0.05, 0.1) is 26.3 Å². The molecule has 1 aliphatic rings. The molecule has 3 aromatic carbocycles. The Labute approximate surface area is 230 Å². The number of rotatable bonds is 9. The van der Waals surface area contributed by atoms with Crippen LogP contribution >= 0.6 is 35.4 Å². The number of anilines is 2. The average molecular weight is 558 g/mol. The van der Waals surface area contributed by atoms with Crippen LogP contribution in [0.1, 0.15) is 12.0 Å². The van der Waals surface area contributed by atoms with Gasteiger partial charge in [-0.25, -0.2) is 0 Å². The van der Waals surface area contributed by atoms with Crippen LogP contribution in [-0.4, -0.2) is 48.6 Å². The summed E-state index contributed by atoms with van der Waals surface area (Å²) in [5.41, 5.74) is 2.07. The fourth-order valence-corrected chi connectivity index (χ4v) is 5.00. The Hall–Kier alpha value is -3.33. The number of amides is 2. The van der Waals surface area contributed by atoms with Gasteiger partial charge in [-0.2, -0.15) is 0 Å². The fraction of sp³-hybridized carbons (Fsp3) is 0.222. The Balaban J connectivity index is 1.56. The van der Waals surface area contributed by atoms with Crippen molar-refractivity contribution >= 4 is 63.7 Å². The molecule has 0 saturated carbocycles. The average Bonchev–Trinajstić information content (AvgIpc) is 3.12. The van der Waals surface area contributed by atoms with E-state index in [0.29, 0.717) is 51.0 Å². The van der Waals surface area contributed by atoms with Crippen molar-refractivity contribution < 1.29 is 19.1 Å². The van der Waals surface area contributed by atoms with E-state index in [1.807, 2.05) is 6.07 Å². The second kappa shape index (κ2) is 11.8. The number of carbonyl (C=O) groups is 2. The topological polar surface area (TPSA) is 71.1 Å². The molecule has 3 aromatic rings. The van der Waals surface area contributed by atoms with Gasteiger partial charge in [0.25, 0.3) is 5.91 Å². The molecular formula is C27H25Cl2N3O4S. The molecule has 1 heterocycles. The lowest BCUT2D eigenvalue weighted by Gasteiger charge is -2.24. The van der Waals surface area contributed by atoms with E-state index in [4.69, 9.17) is 44.9 Å². The van der Waals surface area contributed by atoms with Gasteiger partial charge in [-0.1, -0.05) is 29.3 Å². The maximum atomic E-state index is 13.6. The van der Waals surface area contributed by atoms with Crippen LogP contribution in [0, 0.1) is 0 Å². The van der Waals surface area contributed by atoms with Crippen LogP contribution < -0.4 is 19.7 Å². The molecule has 7 nitrogen and oxygen atoms in total. The molecule has 10 heteroatoms. The van der Waals surface area contributed by atoms with Gasteiger partial charge >= 0.3 is 0 Å². The summed E-state index contributed by atoms with van der Waals surface area (Å²) in [6.07, 6.45) is 0.433. The van der Waals surface area contributed by atoms with Crippen molar-refractivity contribution in [2.24, 2.45) is 0 Å². The van der Waals surface area contributed by atoms with Gasteiger partial charge in [0, 0.05) is 22.3 Å². The highest BCUT2D eigenvalue weighted by Gasteiger charge is 2.44. The Kier molecular flexibility index (Phi) is 8.53. The number of nitrogens with one attached hydrogen (secondary N) is 1. The summed E-state index contributed by atoms with van der Waals surface area (Å²) < 4.78 is 10.4. The first kappa shape index (κ1) is 26.7.